The van der Waals surface area contributed by atoms with E-state index < -0.39 is 0 Å². The van der Waals surface area contributed by atoms with Crippen LogP contribution in [0.3, 0.4) is 0 Å². The van der Waals surface area contributed by atoms with Gasteiger partial charge in [-0.2, -0.15) is 5.26 Å². The number of urea groups is 1. The highest BCUT2D eigenvalue weighted by Gasteiger charge is 2.22. The van der Waals surface area contributed by atoms with Gasteiger partial charge in [-0.1, -0.05) is 6.07 Å². The minimum Gasteiger partial charge on any atom is -0.323 e. The number of likely N-dealkylation sites (tertiary alicyclic amines) is 1. The van der Waals surface area contributed by atoms with Crippen molar-refractivity contribution in [3.05, 3.63) is 29.8 Å². The molecule has 1 aliphatic heterocycles. The van der Waals surface area contributed by atoms with Crippen molar-refractivity contribution in [1.29, 1.82) is 5.26 Å². The van der Waals surface area contributed by atoms with Crippen molar-refractivity contribution in [2.45, 2.75) is 18.9 Å². The molecule has 1 aromatic carbocycles. The predicted molar refractivity (Wildman–Crippen MR) is 73.8 cm³/mol. The van der Waals surface area contributed by atoms with Crippen LogP contribution in [0.15, 0.2) is 24.3 Å². The van der Waals surface area contributed by atoms with Gasteiger partial charge in [0.2, 0.25) is 0 Å². The van der Waals surface area contributed by atoms with Gasteiger partial charge in [0.25, 0.3) is 0 Å². The van der Waals surface area contributed by atoms with E-state index >= 15 is 0 Å². The Morgan fingerprint density at radius 2 is 2.37 bits per heavy atom. The lowest BCUT2D eigenvalue weighted by molar-refractivity contribution is 0.187. The number of carbonyl (C=O) groups excluding carboxylic acids is 1. The second kappa shape index (κ2) is 6.21. The van der Waals surface area contributed by atoms with Crippen LogP contribution in [0.1, 0.15) is 18.4 Å². The van der Waals surface area contributed by atoms with Gasteiger partial charge in [0, 0.05) is 24.8 Å². The molecule has 0 radical (unpaired) electrons. The van der Waals surface area contributed by atoms with Gasteiger partial charge in [0.15, 0.2) is 0 Å². The molecule has 5 heteroatoms. The zero-order chi connectivity index (χ0) is 13.7. The molecule has 100 valence electrons. The molecule has 1 unspecified atom stereocenters. The van der Waals surface area contributed by atoms with Gasteiger partial charge in [0.1, 0.15) is 0 Å². The normalized spacial score (nSPS) is 18.7. The number of anilines is 1. The van der Waals surface area contributed by atoms with Crippen molar-refractivity contribution in [2.75, 3.05) is 25.5 Å². The first-order valence-corrected chi connectivity index (χ1v) is 6.46. The van der Waals surface area contributed by atoms with Gasteiger partial charge in [-0.25, -0.2) is 4.79 Å². The molecule has 1 aromatic rings. The fraction of sp³-hybridized carbons (Fsp3) is 0.429. The zero-order valence-corrected chi connectivity index (χ0v) is 11.0. The van der Waals surface area contributed by atoms with Gasteiger partial charge in [-0.3, -0.25) is 0 Å². The van der Waals surface area contributed by atoms with Crippen LogP contribution >= 0.6 is 0 Å². The Morgan fingerprint density at radius 1 is 1.53 bits per heavy atom. The predicted octanol–water partition coefficient (Wildman–Crippen LogP) is 1.77. The van der Waals surface area contributed by atoms with E-state index in [9.17, 15) is 4.79 Å². The Kier molecular flexibility index (Phi) is 4.37. The first-order valence-electron chi connectivity index (χ1n) is 6.46. The van der Waals surface area contributed by atoms with E-state index in [1.807, 2.05) is 11.9 Å². The molecular formula is C14H18N4O. The van der Waals surface area contributed by atoms with Gasteiger partial charge in [-0.05, 0) is 38.1 Å². The van der Waals surface area contributed by atoms with Crippen molar-refractivity contribution >= 4 is 11.7 Å². The average Bonchev–Trinajstić information content (AvgIpc) is 2.47. The largest absolute Gasteiger partial charge is 0.323 e. The molecule has 0 spiro atoms. The lowest BCUT2D eigenvalue weighted by atomic mass is 10.1. The van der Waals surface area contributed by atoms with Crippen molar-refractivity contribution in [2.24, 2.45) is 0 Å². The number of piperidine rings is 1. The second-order valence-corrected chi connectivity index (χ2v) is 4.70. The Morgan fingerprint density at radius 3 is 3.11 bits per heavy atom. The third-order valence-electron chi connectivity index (χ3n) is 3.36. The monoisotopic (exact) mass is 258 g/mol. The summed E-state index contributed by atoms with van der Waals surface area (Å²) in [6, 6.07) is 9.27. The quantitative estimate of drug-likeness (QED) is 0.849. The molecule has 0 bridgehead atoms. The standard InChI is InChI=1S/C14H18N4O/c1-16-13-6-3-7-18(10-13)14(19)17-12-5-2-4-11(8-12)9-15/h2,4-5,8,13,16H,3,6-7,10H2,1H3,(H,17,19). The molecular weight excluding hydrogens is 240 g/mol. The summed E-state index contributed by atoms with van der Waals surface area (Å²) < 4.78 is 0. The summed E-state index contributed by atoms with van der Waals surface area (Å²) >= 11 is 0. The summed E-state index contributed by atoms with van der Waals surface area (Å²) in [6.45, 7) is 1.50. The molecule has 5 nitrogen and oxygen atoms in total. The maximum Gasteiger partial charge on any atom is 0.321 e. The number of nitrogens with one attached hydrogen (secondary N) is 2. The molecule has 0 aromatic heterocycles. The molecule has 1 atom stereocenters. The summed E-state index contributed by atoms with van der Waals surface area (Å²) in [6.07, 6.45) is 2.11. The molecule has 1 heterocycles. The van der Waals surface area contributed by atoms with E-state index in [0.29, 0.717) is 17.3 Å². The van der Waals surface area contributed by atoms with Crippen LogP contribution in [0.2, 0.25) is 0 Å². The van der Waals surface area contributed by atoms with E-state index in [0.717, 1.165) is 25.9 Å². The first-order chi connectivity index (χ1) is 9.22. The van der Waals surface area contributed by atoms with E-state index in [1.54, 1.807) is 24.3 Å². The number of carbonyl (C=O) groups is 1. The summed E-state index contributed by atoms with van der Waals surface area (Å²) in [5, 5.41) is 14.9. The molecule has 2 rings (SSSR count). The molecule has 1 aliphatic rings. The molecule has 2 N–H and O–H groups in total. The summed E-state index contributed by atoms with van der Waals surface area (Å²) in [5.74, 6) is 0. The number of nitrogens with zero attached hydrogens (tertiary/aromatic N) is 2. The van der Waals surface area contributed by atoms with E-state index in [1.165, 1.54) is 0 Å². The fourth-order valence-corrected chi connectivity index (χ4v) is 2.27. The topological polar surface area (TPSA) is 68.2 Å². The Labute approximate surface area is 113 Å². The van der Waals surface area contributed by atoms with Crippen LogP contribution in [-0.2, 0) is 0 Å². The van der Waals surface area contributed by atoms with Crippen molar-refractivity contribution < 1.29 is 4.79 Å². The van der Waals surface area contributed by atoms with E-state index in [-0.39, 0.29) is 6.03 Å². The number of benzene rings is 1. The van der Waals surface area contributed by atoms with Gasteiger partial charge in [0.05, 0.1) is 11.6 Å². The van der Waals surface area contributed by atoms with Gasteiger partial charge >= 0.3 is 6.03 Å². The molecule has 0 aliphatic carbocycles. The second-order valence-electron chi connectivity index (χ2n) is 4.70. The maximum atomic E-state index is 12.1. The lowest BCUT2D eigenvalue weighted by Crippen LogP contribution is -2.48. The van der Waals surface area contributed by atoms with Crippen LogP contribution < -0.4 is 10.6 Å². The number of nitriles is 1. The minimum absolute atomic E-state index is 0.102. The van der Waals surface area contributed by atoms with Crippen LogP contribution in [-0.4, -0.2) is 37.1 Å². The van der Waals surface area contributed by atoms with E-state index in [4.69, 9.17) is 5.26 Å². The summed E-state index contributed by atoms with van der Waals surface area (Å²) in [5.41, 5.74) is 1.21. The highest BCUT2D eigenvalue weighted by Crippen LogP contribution is 2.14. The molecule has 19 heavy (non-hydrogen) atoms. The van der Waals surface area contributed by atoms with Crippen molar-refractivity contribution in [1.82, 2.24) is 10.2 Å². The lowest BCUT2D eigenvalue weighted by Gasteiger charge is -2.32. The third-order valence-corrected chi connectivity index (χ3v) is 3.36. The van der Waals surface area contributed by atoms with Crippen LogP contribution in [0.5, 0.6) is 0 Å². The maximum absolute atomic E-state index is 12.1. The van der Waals surface area contributed by atoms with E-state index in [2.05, 4.69) is 16.7 Å². The van der Waals surface area contributed by atoms with Crippen molar-refractivity contribution in [3.8, 4) is 6.07 Å². The van der Waals surface area contributed by atoms with Crippen LogP contribution in [0.4, 0.5) is 10.5 Å². The Hall–Kier alpha value is -2.06. The number of amides is 2. The highest BCUT2D eigenvalue weighted by molar-refractivity contribution is 5.89. The Balaban J connectivity index is 1.98. The molecule has 1 fully saturated rings. The summed E-state index contributed by atoms with van der Waals surface area (Å²) in [4.78, 5) is 13.9. The summed E-state index contributed by atoms with van der Waals surface area (Å²) in [7, 11) is 1.92. The average molecular weight is 258 g/mol. The number of rotatable bonds is 2. The molecule has 2 amide bonds. The first kappa shape index (κ1) is 13.4. The number of hydrogen-bond acceptors (Lipinski definition) is 3. The molecule has 1 saturated heterocycles. The molecule has 0 saturated carbocycles. The van der Waals surface area contributed by atoms with Crippen molar-refractivity contribution in [3.63, 3.8) is 0 Å². The fourth-order valence-electron chi connectivity index (χ4n) is 2.27. The third kappa shape index (κ3) is 3.46. The Bertz CT molecular complexity index is 494. The van der Waals surface area contributed by atoms with Crippen LogP contribution in [0.25, 0.3) is 0 Å². The number of likely N-dealkylation sites (N-methyl/N-ethyl adjacent to an activating group) is 1. The minimum atomic E-state index is -0.102. The smallest absolute Gasteiger partial charge is 0.321 e. The highest BCUT2D eigenvalue weighted by atomic mass is 16.2. The van der Waals surface area contributed by atoms with Gasteiger partial charge < -0.3 is 15.5 Å². The SMILES string of the molecule is CNC1CCCN(C(=O)Nc2cccc(C#N)c2)C1. The van der Waals surface area contributed by atoms with Gasteiger partial charge in [-0.15, -0.1) is 0 Å². The zero-order valence-electron chi connectivity index (χ0n) is 11.0. The van der Waals surface area contributed by atoms with Crippen LogP contribution in [0, 0.1) is 11.3 Å². The number of hydrogen-bond donors (Lipinski definition) is 2.